The van der Waals surface area contributed by atoms with Crippen LogP contribution in [0.3, 0.4) is 0 Å². The molecule has 0 saturated heterocycles. The van der Waals surface area contributed by atoms with Gasteiger partial charge in [-0.05, 0) is 101 Å². The molecule has 2 nitrogen and oxygen atoms in total. The Morgan fingerprint density at radius 3 is 2.21 bits per heavy atom. The van der Waals surface area contributed by atoms with Crippen LogP contribution in [-0.4, -0.2) is 5.84 Å². The van der Waals surface area contributed by atoms with E-state index in [0.29, 0.717) is 12.4 Å². The molecule has 0 saturated carbocycles. The van der Waals surface area contributed by atoms with Crippen LogP contribution in [0.5, 0.6) is 0 Å². The van der Waals surface area contributed by atoms with E-state index >= 15 is 0 Å². The fraction of sp³-hybridized carbons (Fsp3) is 0.205. The number of aliphatic imine (C=N–C) groups is 1. The summed E-state index contributed by atoms with van der Waals surface area (Å²) in [7, 11) is 0. The zero-order valence-corrected chi connectivity index (χ0v) is 25.4. The second kappa shape index (κ2) is 12.8. The van der Waals surface area contributed by atoms with E-state index in [0.717, 1.165) is 37.7 Å². The minimum atomic E-state index is 0.611. The number of fused-ring (bicyclic) bond motifs is 1. The van der Waals surface area contributed by atoms with Gasteiger partial charge in [0.2, 0.25) is 0 Å². The number of nitrogens with zero attached hydrogens (tertiary/aromatic N) is 1. The number of benzene rings is 3. The van der Waals surface area contributed by atoms with E-state index in [1.807, 2.05) is 29.5 Å². The molecule has 3 heteroatoms. The Hall–Kier alpha value is -4.21. The molecule has 0 unspecified atom stereocenters. The van der Waals surface area contributed by atoms with Crippen molar-refractivity contribution in [1.82, 2.24) is 0 Å². The van der Waals surface area contributed by atoms with Crippen molar-refractivity contribution in [3.8, 4) is 0 Å². The van der Waals surface area contributed by atoms with Crippen LogP contribution < -0.4 is 15.5 Å². The first-order valence-electron chi connectivity index (χ1n) is 15.0. The summed E-state index contributed by atoms with van der Waals surface area (Å²) >= 11 is 1.95. The highest BCUT2D eigenvalue weighted by atomic mass is 32.1. The standard InChI is InChI=1S/C39H38N2S/c1-3-33-35-23-22-34(32-17-11-16-29(25-32)24-27-12-7-5-8-13-27)37(38(35)42-36(33)4-2)30-18-20-31(21-19-30)39(40)41-26-28-14-9-6-10-15-28/h3-18,20,25H,19,21-24,26H2,1-2H3,(H2,40,41)/b33-3-,36-4+. The lowest BCUT2D eigenvalue weighted by Crippen LogP contribution is -2.22. The van der Waals surface area contributed by atoms with Crippen LogP contribution >= 0.6 is 11.3 Å². The molecule has 3 aromatic carbocycles. The van der Waals surface area contributed by atoms with Crippen molar-refractivity contribution in [3.63, 3.8) is 0 Å². The summed E-state index contributed by atoms with van der Waals surface area (Å²) in [5.41, 5.74) is 18.7. The monoisotopic (exact) mass is 566 g/mol. The van der Waals surface area contributed by atoms with Crippen LogP contribution in [0.4, 0.5) is 0 Å². The highest BCUT2D eigenvalue weighted by molar-refractivity contribution is 7.11. The number of amidine groups is 1. The zero-order chi connectivity index (χ0) is 28.9. The highest BCUT2D eigenvalue weighted by Crippen LogP contribution is 2.44. The zero-order valence-electron chi connectivity index (χ0n) is 24.6. The first kappa shape index (κ1) is 27.9. The third-order valence-electron chi connectivity index (χ3n) is 8.38. The Morgan fingerprint density at radius 1 is 0.786 bits per heavy atom. The van der Waals surface area contributed by atoms with Crippen LogP contribution in [-0.2, 0) is 19.4 Å². The van der Waals surface area contributed by atoms with Crippen molar-refractivity contribution < 1.29 is 0 Å². The molecule has 1 heterocycles. The van der Waals surface area contributed by atoms with Gasteiger partial charge in [0.1, 0.15) is 5.84 Å². The third kappa shape index (κ3) is 5.89. The Bertz CT molecular complexity index is 1830. The average molecular weight is 567 g/mol. The Morgan fingerprint density at radius 2 is 1.52 bits per heavy atom. The number of thiophene rings is 1. The largest absolute Gasteiger partial charge is 0.384 e. The first-order valence-corrected chi connectivity index (χ1v) is 15.8. The summed E-state index contributed by atoms with van der Waals surface area (Å²) in [4.78, 5) is 6.16. The van der Waals surface area contributed by atoms with Gasteiger partial charge in [-0.2, -0.15) is 0 Å². The Labute approximate surface area is 253 Å². The van der Waals surface area contributed by atoms with Crippen molar-refractivity contribution in [1.29, 1.82) is 0 Å². The summed E-state index contributed by atoms with van der Waals surface area (Å²) in [6.07, 6.45) is 14.0. The van der Waals surface area contributed by atoms with Crippen LogP contribution in [0, 0.1) is 0 Å². The molecule has 0 atom stereocenters. The van der Waals surface area contributed by atoms with Crippen molar-refractivity contribution >= 4 is 40.5 Å². The summed E-state index contributed by atoms with van der Waals surface area (Å²) in [6.45, 7) is 4.95. The second-order valence-corrected chi connectivity index (χ2v) is 12.1. The van der Waals surface area contributed by atoms with Gasteiger partial charge in [0, 0.05) is 9.41 Å². The van der Waals surface area contributed by atoms with E-state index in [1.54, 1.807) is 0 Å². The molecule has 2 aliphatic rings. The van der Waals surface area contributed by atoms with E-state index in [4.69, 9.17) is 10.7 Å². The SMILES string of the molecule is C/C=c1/c2c(s/c1=C/C)C(C1=CC=C(C(N)=NCc3ccccc3)CC1)=C(c1cccc(Cc3ccccc3)c1)CC2. The number of hydrogen-bond acceptors (Lipinski definition) is 2. The second-order valence-electron chi connectivity index (χ2n) is 11.1. The predicted molar refractivity (Wildman–Crippen MR) is 182 cm³/mol. The molecule has 0 spiro atoms. The summed E-state index contributed by atoms with van der Waals surface area (Å²) in [6, 6.07) is 30.3. The quantitative estimate of drug-likeness (QED) is 0.179. The van der Waals surface area contributed by atoms with Crippen molar-refractivity contribution in [2.24, 2.45) is 10.7 Å². The topological polar surface area (TPSA) is 38.4 Å². The minimum Gasteiger partial charge on any atom is -0.384 e. The molecule has 1 aromatic heterocycles. The van der Waals surface area contributed by atoms with Crippen LogP contribution in [0.15, 0.2) is 113 Å². The highest BCUT2D eigenvalue weighted by Gasteiger charge is 2.26. The molecule has 6 rings (SSSR count). The lowest BCUT2D eigenvalue weighted by Gasteiger charge is -2.25. The van der Waals surface area contributed by atoms with Gasteiger partial charge < -0.3 is 5.73 Å². The molecule has 4 aromatic rings. The molecule has 2 aliphatic carbocycles. The fourth-order valence-corrected chi connectivity index (χ4v) is 7.62. The number of hydrogen-bond donors (Lipinski definition) is 1. The van der Waals surface area contributed by atoms with Crippen molar-refractivity contribution in [2.45, 2.75) is 52.5 Å². The van der Waals surface area contributed by atoms with E-state index in [-0.39, 0.29) is 0 Å². The lowest BCUT2D eigenvalue weighted by atomic mass is 9.80. The number of nitrogens with two attached hydrogens (primary N) is 1. The van der Waals surface area contributed by atoms with E-state index in [9.17, 15) is 0 Å². The van der Waals surface area contributed by atoms with E-state index in [2.05, 4.69) is 105 Å². The molecular weight excluding hydrogens is 529 g/mol. The van der Waals surface area contributed by atoms with Crippen molar-refractivity contribution in [3.05, 3.63) is 151 Å². The van der Waals surface area contributed by atoms with Gasteiger partial charge in [0.25, 0.3) is 0 Å². The lowest BCUT2D eigenvalue weighted by molar-refractivity contribution is 0.942. The van der Waals surface area contributed by atoms with Crippen molar-refractivity contribution in [2.75, 3.05) is 0 Å². The Balaban J connectivity index is 1.41. The summed E-state index contributed by atoms with van der Waals surface area (Å²) < 4.78 is 1.38. The smallest absolute Gasteiger partial charge is 0.121 e. The van der Waals surface area contributed by atoms with Gasteiger partial charge in [-0.1, -0.05) is 109 Å². The van der Waals surface area contributed by atoms with Gasteiger partial charge in [-0.25, -0.2) is 0 Å². The first-order chi connectivity index (χ1) is 20.6. The third-order valence-corrected chi connectivity index (χ3v) is 9.71. The van der Waals surface area contributed by atoms with Crippen LogP contribution in [0.1, 0.15) is 65.8 Å². The molecule has 42 heavy (non-hydrogen) atoms. The van der Waals surface area contributed by atoms with Gasteiger partial charge >= 0.3 is 0 Å². The molecule has 0 aliphatic heterocycles. The predicted octanol–water partition coefficient (Wildman–Crippen LogP) is 8.00. The van der Waals surface area contributed by atoms with Crippen LogP contribution in [0.25, 0.3) is 23.3 Å². The van der Waals surface area contributed by atoms with Crippen LogP contribution in [0.2, 0.25) is 0 Å². The molecular formula is C39H38N2S. The number of allylic oxidation sites excluding steroid dienone is 5. The van der Waals surface area contributed by atoms with Gasteiger partial charge in [-0.15, -0.1) is 11.3 Å². The normalized spacial score (nSPS) is 16.4. The molecule has 0 bridgehead atoms. The molecule has 210 valence electrons. The van der Waals surface area contributed by atoms with Gasteiger partial charge in [-0.3, -0.25) is 4.99 Å². The molecule has 0 amide bonds. The van der Waals surface area contributed by atoms with Gasteiger partial charge in [0.05, 0.1) is 6.54 Å². The maximum atomic E-state index is 6.49. The molecule has 2 N–H and O–H groups in total. The molecule has 0 radical (unpaired) electrons. The van der Waals surface area contributed by atoms with Gasteiger partial charge in [0.15, 0.2) is 0 Å². The van der Waals surface area contributed by atoms with E-state index in [1.165, 1.54) is 59.2 Å². The fourth-order valence-electron chi connectivity index (χ4n) is 6.24. The maximum absolute atomic E-state index is 6.49. The maximum Gasteiger partial charge on any atom is 0.121 e. The minimum absolute atomic E-state index is 0.611. The summed E-state index contributed by atoms with van der Waals surface area (Å²) in [5, 5.41) is 1.41. The average Bonchev–Trinajstić information content (AvgIpc) is 3.42. The summed E-state index contributed by atoms with van der Waals surface area (Å²) in [5.74, 6) is 0.656. The van der Waals surface area contributed by atoms with E-state index < -0.39 is 0 Å². The Kier molecular flexibility index (Phi) is 8.48. The number of rotatable bonds is 7. The molecule has 0 fully saturated rings.